The fourth-order valence-electron chi connectivity index (χ4n) is 2.46. The third-order valence-electron chi connectivity index (χ3n) is 3.68. The summed E-state index contributed by atoms with van der Waals surface area (Å²) in [7, 11) is 0. The largest absolute Gasteiger partial charge is 0.388 e. The summed E-state index contributed by atoms with van der Waals surface area (Å²) in [6.07, 6.45) is 4.49. The summed E-state index contributed by atoms with van der Waals surface area (Å²) in [5.74, 6) is 0.747. The summed E-state index contributed by atoms with van der Waals surface area (Å²) in [6, 6.07) is 8.56. The molecule has 1 saturated carbocycles. The molecule has 0 radical (unpaired) electrons. The van der Waals surface area contributed by atoms with E-state index in [0.29, 0.717) is 0 Å². The van der Waals surface area contributed by atoms with E-state index in [4.69, 9.17) is 0 Å². The van der Waals surface area contributed by atoms with Crippen molar-refractivity contribution in [2.24, 2.45) is 5.41 Å². The van der Waals surface area contributed by atoms with Gasteiger partial charge in [0, 0.05) is 0 Å². The van der Waals surface area contributed by atoms with Crippen LogP contribution in [0.4, 0.5) is 0 Å². The van der Waals surface area contributed by atoms with Gasteiger partial charge in [0.1, 0.15) is 0 Å². The second-order valence-electron chi connectivity index (χ2n) is 6.58. The van der Waals surface area contributed by atoms with Gasteiger partial charge in [-0.05, 0) is 41.7 Å². The van der Waals surface area contributed by atoms with Gasteiger partial charge in [-0.15, -0.1) is 0 Å². The van der Waals surface area contributed by atoms with Gasteiger partial charge >= 0.3 is 0 Å². The average molecular weight is 232 g/mol. The molecule has 0 heterocycles. The molecule has 1 unspecified atom stereocenters. The first-order chi connectivity index (χ1) is 7.96. The number of hydrogen-bond acceptors (Lipinski definition) is 1. The molecule has 1 heteroatoms. The Bertz CT molecular complexity index is 371. The Hall–Kier alpha value is -0.820. The SMILES string of the molecule is CC(C)(C)CC(O)c1cccc(C2CCC2)c1. The number of hydrogen-bond donors (Lipinski definition) is 1. The van der Waals surface area contributed by atoms with Crippen molar-refractivity contribution in [2.75, 3.05) is 0 Å². The van der Waals surface area contributed by atoms with E-state index in [1.54, 1.807) is 0 Å². The molecule has 17 heavy (non-hydrogen) atoms. The van der Waals surface area contributed by atoms with Gasteiger partial charge in [0.25, 0.3) is 0 Å². The number of aliphatic hydroxyl groups is 1. The molecule has 1 N–H and O–H groups in total. The summed E-state index contributed by atoms with van der Waals surface area (Å²) in [5.41, 5.74) is 2.68. The van der Waals surface area contributed by atoms with Gasteiger partial charge < -0.3 is 5.11 Å². The second-order valence-corrected chi connectivity index (χ2v) is 6.58. The standard InChI is InChI=1S/C16H24O/c1-16(2,3)11-15(17)14-9-5-8-13(10-14)12-6-4-7-12/h5,8-10,12,15,17H,4,6-7,11H2,1-3H3. The van der Waals surface area contributed by atoms with Gasteiger partial charge in [-0.3, -0.25) is 0 Å². The maximum Gasteiger partial charge on any atom is 0.0795 e. The smallest absolute Gasteiger partial charge is 0.0795 e. The monoisotopic (exact) mass is 232 g/mol. The van der Waals surface area contributed by atoms with E-state index < -0.39 is 0 Å². The van der Waals surface area contributed by atoms with Crippen molar-refractivity contribution in [2.45, 2.75) is 58.5 Å². The van der Waals surface area contributed by atoms with Gasteiger partial charge in [0.15, 0.2) is 0 Å². The van der Waals surface area contributed by atoms with Crippen molar-refractivity contribution in [3.63, 3.8) is 0 Å². The van der Waals surface area contributed by atoms with Crippen LogP contribution in [-0.2, 0) is 0 Å². The van der Waals surface area contributed by atoms with E-state index in [1.807, 2.05) is 0 Å². The van der Waals surface area contributed by atoms with Crippen LogP contribution >= 0.6 is 0 Å². The highest BCUT2D eigenvalue weighted by molar-refractivity contribution is 5.29. The third-order valence-corrected chi connectivity index (χ3v) is 3.68. The molecule has 1 fully saturated rings. The minimum atomic E-state index is -0.324. The van der Waals surface area contributed by atoms with E-state index in [2.05, 4.69) is 45.0 Å². The van der Waals surface area contributed by atoms with Crippen LogP contribution < -0.4 is 0 Å². The van der Waals surface area contributed by atoms with Crippen molar-refractivity contribution >= 4 is 0 Å². The quantitative estimate of drug-likeness (QED) is 0.817. The van der Waals surface area contributed by atoms with Gasteiger partial charge in [-0.1, -0.05) is 51.5 Å². The number of aliphatic hydroxyl groups excluding tert-OH is 1. The minimum absolute atomic E-state index is 0.173. The molecule has 1 nitrogen and oxygen atoms in total. The van der Waals surface area contributed by atoms with Crippen molar-refractivity contribution in [3.8, 4) is 0 Å². The summed E-state index contributed by atoms with van der Waals surface area (Å²) in [4.78, 5) is 0. The molecule has 1 aliphatic rings. The summed E-state index contributed by atoms with van der Waals surface area (Å²) in [6.45, 7) is 6.52. The lowest BCUT2D eigenvalue weighted by molar-refractivity contribution is 0.122. The van der Waals surface area contributed by atoms with Crippen LogP contribution in [0.5, 0.6) is 0 Å². The minimum Gasteiger partial charge on any atom is -0.388 e. The molecule has 1 atom stereocenters. The molecular weight excluding hydrogens is 208 g/mol. The molecule has 0 bridgehead atoms. The number of benzene rings is 1. The second kappa shape index (κ2) is 4.81. The zero-order valence-electron chi connectivity index (χ0n) is 11.2. The van der Waals surface area contributed by atoms with Gasteiger partial charge in [0.05, 0.1) is 6.10 Å². The molecule has 0 spiro atoms. The van der Waals surface area contributed by atoms with Crippen molar-refractivity contribution in [3.05, 3.63) is 35.4 Å². The van der Waals surface area contributed by atoms with Gasteiger partial charge in [-0.2, -0.15) is 0 Å². The molecule has 0 aliphatic heterocycles. The van der Waals surface area contributed by atoms with Crippen LogP contribution in [0, 0.1) is 5.41 Å². The fraction of sp³-hybridized carbons (Fsp3) is 0.625. The number of rotatable bonds is 3. The Balaban J connectivity index is 2.09. The summed E-state index contributed by atoms with van der Waals surface area (Å²) >= 11 is 0. The van der Waals surface area contributed by atoms with E-state index in [0.717, 1.165) is 17.9 Å². The zero-order valence-corrected chi connectivity index (χ0v) is 11.2. The molecule has 1 aliphatic carbocycles. The Morgan fingerprint density at radius 3 is 2.53 bits per heavy atom. The van der Waals surface area contributed by atoms with Crippen LogP contribution in [0.3, 0.4) is 0 Å². The first kappa shape index (κ1) is 12.6. The predicted molar refractivity (Wildman–Crippen MR) is 72.1 cm³/mol. The first-order valence-corrected chi connectivity index (χ1v) is 6.74. The first-order valence-electron chi connectivity index (χ1n) is 6.74. The molecule has 0 saturated heterocycles. The van der Waals surface area contributed by atoms with Crippen molar-refractivity contribution in [1.82, 2.24) is 0 Å². The van der Waals surface area contributed by atoms with Crippen LogP contribution in [0.15, 0.2) is 24.3 Å². The predicted octanol–water partition coefficient (Wildman–Crippen LogP) is 4.42. The van der Waals surface area contributed by atoms with E-state index in [1.165, 1.54) is 24.8 Å². The lowest BCUT2D eigenvalue weighted by Gasteiger charge is -2.27. The van der Waals surface area contributed by atoms with Crippen LogP contribution in [0.2, 0.25) is 0 Å². The average Bonchev–Trinajstić information content (AvgIpc) is 2.12. The topological polar surface area (TPSA) is 20.2 Å². The lowest BCUT2D eigenvalue weighted by Crippen LogP contribution is -2.13. The highest BCUT2D eigenvalue weighted by Gasteiger charge is 2.22. The van der Waals surface area contributed by atoms with Gasteiger partial charge in [0.2, 0.25) is 0 Å². The Morgan fingerprint density at radius 2 is 2.00 bits per heavy atom. The Kier molecular flexibility index (Phi) is 3.58. The molecule has 1 aromatic carbocycles. The van der Waals surface area contributed by atoms with Crippen LogP contribution in [0.1, 0.15) is 69.6 Å². The zero-order chi connectivity index (χ0) is 12.5. The van der Waals surface area contributed by atoms with Crippen LogP contribution in [0.25, 0.3) is 0 Å². The summed E-state index contributed by atoms with van der Waals surface area (Å²) in [5, 5.41) is 10.3. The van der Waals surface area contributed by atoms with Crippen molar-refractivity contribution < 1.29 is 5.11 Å². The van der Waals surface area contributed by atoms with Crippen molar-refractivity contribution in [1.29, 1.82) is 0 Å². The molecule has 2 rings (SSSR count). The molecule has 1 aromatic rings. The molecular formula is C16H24O. The Morgan fingerprint density at radius 1 is 1.29 bits per heavy atom. The highest BCUT2D eigenvalue weighted by Crippen LogP contribution is 2.38. The third kappa shape index (κ3) is 3.32. The molecule has 0 amide bonds. The normalized spacial score (nSPS) is 18.8. The maximum absolute atomic E-state index is 10.3. The highest BCUT2D eigenvalue weighted by atomic mass is 16.3. The van der Waals surface area contributed by atoms with Crippen LogP contribution in [-0.4, -0.2) is 5.11 Å². The van der Waals surface area contributed by atoms with E-state index in [9.17, 15) is 5.11 Å². The van der Waals surface area contributed by atoms with E-state index in [-0.39, 0.29) is 11.5 Å². The van der Waals surface area contributed by atoms with E-state index >= 15 is 0 Å². The lowest BCUT2D eigenvalue weighted by atomic mass is 9.79. The van der Waals surface area contributed by atoms with Gasteiger partial charge in [-0.25, -0.2) is 0 Å². The maximum atomic E-state index is 10.3. The summed E-state index contributed by atoms with van der Waals surface area (Å²) < 4.78 is 0. The molecule has 94 valence electrons. The Labute approximate surface area is 105 Å². The molecule has 0 aromatic heterocycles. The fourth-order valence-corrected chi connectivity index (χ4v) is 2.46.